The van der Waals surface area contributed by atoms with E-state index in [2.05, 4.69) is 121 Å². The summed E-state index contributed by atoms with van der Waals surface area (Å²) in [7, 11) is -2.14. The standard InChI is InChI=1S/C48H65N3O4S2/c1-32(2)28-51(57(52,53)38-21-19-37(54-10)20-22-38)31-42-34(26-48(8,9)55-42)25-33-15-17-35(18-16-33)49-36-29-50(30-36)41-14-12-11-13-39(41)45-44(46(3,4)5)40-27-47(6,7)24-23-43(40)56-45/h11-22,32,34,36,42,49H,23-31H2,1-10H3/t34-,42-/m1/s1. The Labute approximate surface area is 347 Å². The Hall–Kier alpha value is -3.37. The number of hydrogen-bond donors (Lipinski definition) is 1. The summed E-state index contributed by atoms with van der Waals surface area (Å²) in [6, 6.07) is 25.0. The minimum atomic E-state index is -3.72. The molecule has 9 heteroatoms. The summed E-state index contributed by atoms with van der Waals surface area (Å²) >= 11 is 2.05. The van der Waals surface area contributed by atoms with Gasteiger partial charge >= 0.3 is 0 Å². The predicted molar refractivity (Wildman–Crippen MR) is 238 cm³/mol. The Morgan fingerprint density at radius 3 is 2.32 bits per heavy atom. The van der Waals surface area contributed by atoms with E-state index < -0.39 is 10.0 Å². The molecule has 57 heavy (non-hydrogen) atoms. The Kier molecular flexibility index (Phi) is 11.7. The van der Waals surface area contributed by atoms with Gasteiger partial charge in [-0.15, -0.1) is 11.3 Å². The van der Waals surface area contributed by atoms with Crippen LogP contribution in [-0.4, -0.2) is 63.8 Å². The third kappa shape index (κ3) is 9.27. The van der Waals surface area contributed by atoms with E-state index in [0.29, 0.717) is 30.3 Å². The zero-order valence-electron chi connectivity index (χ0n) is 35.9. The third-order valence-corrected chi connectivity index (χ3v) is 15.3. The van der Waals surface area contributed by atoms with Crippen LogP contribution in [0.2, 0.25) is 0 Å². The molecular weight excluding hydrogens is 747 g/mol. The minimum Gasteiger partial charge on any atom is -0.497 e. The van der Waals surface area contributed by atoms with Gasteiger partial charge in [0.25, 0.3) is 0 Å². The first-order valence-corrected chi connectivity index (χ1v) is 23.2. The molecule has 3 heterocycles. The van der Waals surface area contributed by atoms with Crippen molar-refractivity contribution in [3.63, 3.8) is 0 Å². The summed E-state index contributed by atoms with van der Waals surface area (Å²) < 4.78 is 41.4. The maximum atomic E-state index is 13.9. The number of aryl methyl sites for hydroxylation is 1. The van der Waals surface area contributed by atoms with Gasteiger partial charge in [0.15, 0.2) is 0 Å². The molecule has 0 amide bonds. The van der Waals surface area contributed by atoms with Crippen molar-refractivity contribution in [2.45, 2.75) is 122 Å². The summed E-state index contributed by atoms with van der Waals surface area (Å²) in [5.41, 5.74) is 8.38. The van der Waals surface area contributed by atoms with Gasteiger partial charge in [-0.3, -0.25) is 0 Å². The number of nitrogens with zero attached hydrogens (tertiary/aromatic N) is 2. The molecule has 0 unspecified atom stereocenters. The minimum absolute atomic E-state index is 0.0830. The fraction of sp³-hybridized carbons (Fsp3) is 0.542. The first kappa shape index (κ1) is 41.8. The topological polar surface area (TPSA) is 71.1 Å². The van der Waals surface area contributed by atoms with Crippen molar-refractivity contribution in [2.75, 3.05) is 43.5 Å². The lowest BCUT2D eigenvalue weighted by molar-refractivity contribution is -0.0277. The Morgan fingerprint density at radius 2 is 1.67 bits per heavy atom. The van der Waals surface area contributed by atoms with Crippen molar-refractivity contribution in [1.82, 2.24) is 4.31 Å². The molecule has 7 nitrogen and oxygen atoms in total. The number of methoxy groups -OCH3 is 1. The van der Waals surface area contributed by atoms with E-state index in [1.165, 1.54) is 41.0 Å². The van der Waals surface area contributed by atoms with E-state index in [1.54, 1.807) is 51.7 Å². The lowest BCUT2D eigenvalue weighted by Crippen LogP contribution is -2.55. The fourth-order valence-corrected chi connectivity index (χ4v) is 12.5. The number of fused-ring (bicyclic) bond motifs is 1. The number of para-hydroxylation sites is 1. The van der Waals surface area contributed by atoms with Gasteiger partial charge < -0.3 is 19.7 Å². The number of sulfonamides is 1. The van der Waals surface area contributed by atoms with Crippen LogP contribution in [-0.2, 0) is 39.4 Å². The summed E-state index contributed by atoms with van der Waals surface area (Å²) in [5, 5.41) is 3.80. The highest BCUT2D eigenvalue weighted by molar-refractivity contribution is 7.89. The molecule has 0 bridgehead atoms. The highest BCUT2D eigenvalue weighted by atomic mass is 32.2. The van der Waals surface area contributed by atoms with Gasteiger partial charge in [0.05, 0.1) is 29.8 Å². The highest BCUT2D eigenvalue weighted by Gasteiger charge is 2.43. The lowest BCUT2D eigenvalue weighted by atomic mass is 9.72. The smallest absolute Gasteiger partial charge is 0.243 e. The Bertz CT molecular complexity index is 2130. The Morgan fingerprint density at radius 1 is 0.982 bits per heavy atom. The predicted octanol–water partition coefficient (Wildman–Crippen LogP) is 10.6. The van der Waals surface area contributed by atoms with E-state index in [9.17, 15) is 8.42 Å². The van der Waals surface area contributed by atoms with Crippen LogP contribution < -0.4 is 15.0 Å². The van der Waals surface area contributed by atoms with Gasteiger partial charge in [-0.25, -0.2) is 8.42 Å². The van der Waals surface area contributed by atoms with Crippen LogP contribution in [0.5, 0.6) is 5.75 Å². The molecule has 0 spiro atoms. The molecule has 3 aromatic carbocycles. The summed E-state index contributed by atoms with van der Waals surface area (Å²) in [4.78, 5) is 5.88. The van der Waals surface area contributed by atoms with Crippen molar-refractivity contribution in [1.29, 1.82) is 0 Å². The van der Waals surface area contributed by atoms with Gasteiger partial charge in [-0.1, -0.05) is 78.8 Å². The Balaban J connectivity index is 1.01. The van der Waals surface area contributed by atoms with E-state index in [1.807, 2.05) is 11.3 Å². The first-order chi connectivity index (χ1) is 26.8. The molecule has 308 valence electrons. The number of hydrogen-bond acceptors (Lipinski definition) is 7. The van der Waals surface area contributed by atoms with Gasteiger partial charge in [0.2, 0.25) is 10.0 Å². The average molecular weight is 812 g/mol. The first-order valence-electron chi connectivity index (χ1n) is 21.0. The van der Waals surface area contributed by atoms with Crippen LogP contribution in [0.1, 0.15) is 96.7 Å². The molecule has 0 saturated carbocycles. The molecule has 2 atom stereocenters. The van der Waals surface area contributed by atoms with Crippen molar-refractivity contribution < 1.29 is 17.9 Å². The second-order valence-corrected chi connectivity index (χ2v) is 22.8. The highest BCUT2D eigenvalue weighted by Crippen LogP contribution is 2.51. The molecule has 1 aliphatic carbocycles. The van der Waals surface area contributed by atoms with Crippen LogP contribution in [0.4, 0.5) is 11.4 Å². The van der Waals surface area contributed by atoms with E-state index in [4.69, 9.17) is 9.47 Å². The van der Waals surface area contributed by atoms with Crippen LogP contribution in [0.15, 0.2) is 77.7 Å². The van der Waals surface area contributed by atoms with Crippen LogP contribution in [0, 0.1) is 17.3 Å². The van der Waals surface area contributed by atoms with E-state index >= 15 is 0 Å². The zero-order chi connectivity index (χ0) is 40.9. The third-order valence-electron chi connectivity index (χ3n) is 12.1. The quantitative estimate of drug-likeness (QED) is 0.145. The van der Waals surface area contributed by atoms with Gasteiger partial charge in [-0.05, 0) is 128 Å². The second-order valence-electron chi connectivity index (χ2n) is 19.7. The van der Waals surface area contributed by atoms with Crippen LogP contribution in [0.3, 0.4) is 0 Å². The summed E-state index contributed by atoms with van der Waals surface area (Å²) in [6.45, 7) is 23.1. The monoisotopic (exact) mass is 811 g/mol. The molecule has 2 fully saturated rings. The van der Waals surface area contributed by atoms with Crippen molar-refractivity contribution in [3.05, 3.63) is 94.4 Å². The van der Waals surface area contributed by atoms with Gasteiger partial charge in [-0.2, -0.15) is 4.31 Å². The normalized spacial score (nSPS) is 20.8. The number of nitrogens with one attached hydrogen (secondary N) is 1. The molecule has 0 radical (unpaired) electrons. The summed E-state index contributed by atoms with van der Waals surface area (Å²) in [6.07, 6.45) is 5.11. The summed E-state index contributed by atoms with van der Waals surface area (Å²) in [5.74, 6) is 0.997. The second kappa shape index (κ2) is 16.0. The molecule has 7 rings (SSSR count). The fourth-order valence-electron chi connectivity index (χ4n) is 9.37. The maximum absolute atomic E-state index is 13.9. The van der Waals surface area contributed by atoms with Crippen LogP contribution in [0.25, 0.3) is 10.4 Å². The van der Waals surface area contributed by atoms with Crippen molar-refractivity contribution >= 4 is 32.7 Å². The SMILES string of the molecule is COc1ccc(S(=O)(=O)N(CC(C)C)C[C@H]2OC(C)(C)C[C@H]2Cc2ccc(NC3CN(c4ccccc4-c4sc5c(c4C(C)(C)C)CC(C)(C)CC5)C3)cc2)cc1. The maximum Gasteiger partial charge on any atom is 0.243 e. The molecule has 4 aromatic rings. The van der Waals surface area contributed by atoms with Gasteiger partial charge in [0, 0.05) is 52.9 Å². The lowest BCUT2D eigenvalue weighted by Gasteiger charge is -2.43. The number of rotatable bonds is 13. The van der Waals surface area contributed by atoms with E-state index in [0.717, 1.165) is 31.6 Å². The average Bonchev–Trinajstić information content (AvgIpc) is 3.64. The molecule has 1 N–H and O–H groups in total. The molecule has 1 aromatic heterocycles. The van der Waals surface area contributed by atoms with Crippen molar-refractivity contribution in [3.8, 4) is 16.2 Å². The molecular formula is C48H65N3O4S2. The largest absolute Gasteiger partial charge is 0.497 e. The number of anilines is 2. The molecule has 2 saturated heterocycles. The van der Waals surface area contributed by atoms with Gasteiger partial charge in [0.1, 0.15) is 5.75 Å². The van der Waals surface area contributed by atoms with Crippen molar-refractivity contribution in [2.24, 2.45) is 17.3 Å². The zero-order valence-corrected chi connectivity index (χ0v) is 37.6. The number of thiophene rings is 1. The molecule has 2 aliphatic heterocycles. The van der Waals surface area contributed by atoms with E-state index in [-0.39, 0.29) is 33.9 Å². The van der Waals surface area contributed by atoms with Crippen LogP contribution >= 0.6 is 11.3 Å². The number of benzene rings is 3. The molecule has 3 aliphatic rings. The number of ether oxygens (including phenoxy) is 2.